The molecule has 3 nitrogen and oxygen atoms in total. The van der Waals surface area contributed by atoms with Crippen LogP contribution in [0.25, 0.3) is 10.8 Å². The van der Waals surface area contributed by atoms with Crippen LogP contribution in [0.1, 0.15) is 39.0 Å². The van der Waals surface area contributed by atoms with E-state index in [4.69, 9.17) is 11.6 Å². The molecule has 1 saturated carbocycles. The van der Waals surface area contributed by atoms with E-state index >= 15 is 0 Å². The molecule has 0 aliphatic heterocycles. The molecule has 0 saturated heterocycles. The summed E-state index contributed by atoms with van der Waals surface area (Å²) in [6.07, 6.45) is 5.34. The largest absolute Gasteiger partial charge is 0.243 e. The highest BCUT2D eigenvalue weighted by Gasteiger charge is 2.32. The van der Waals surface area contributed by atoms with Crippen LogP contribution in [0.4, 0.5) is 0 Å². The fourth-order valence-corrected chi connectivity index (χ4v) is 5.70. The predicted molar refractivity (Wildman–Crippen MR) is 95.4 cm³/mol. The highest BCUT2D eigenvalue weighted by Crippen LogP contribution is 2.33. The molecule has 0 unspecified atom stereocenters. The topological polar surface area (TPSA) is 37.4 Å². The van der Waals surface area contributed by atoms with Crippen molar-refractivity contribution in [2.24, 2.45) is 0 Å². The van der Waals surface area contributed by atoms with Gasteiger partial charge in [0.1, 0.15) is 0 Å². The summed E-state index contributed by atoms with van der Waals surface area (Å²) < 4.78 is 28.2. The maximum absolute atomic E-state index is 13.3. The minimum Gasteiger partial charge on any atom is -0.207 e. The number of hydrogen-bond acceptors (Lipinski definition) is 2. The molecule has 124 valence electrons. The van der Waals surface area contributed by atoms with E-state index in [1.165, 1.54) is 6.42 Å². The molecule has 2 aromatic carbocycles. The van der Waals surface area contributed by atoms with Gasteiger partial charge in [-0.25, -0.2) is 8.42 Å². The van der Waals surface area contributed by atoms with E-state index in [1.54, 1.807) is 16.4 Å². The van der Waals surface area contributed by atoms with Crippen LogP contribution in [0, 0.1) is 0 Å². The Hall–Kier alpha value is -1.10. The standard InChI is InChI=1S/C18H22ClNO2S/c1-2-20(14-8-4-3-5-9-14)23(21,22)18-13-12-17(19)15-10-6-7-11-16(15)18/h6-7,10-14H,2-5,8-9H2,1H3. The first-order chi connectivity index (χ1) is 11.1. The summed E-state index contributed by atoms with van der Waals surface area (Å²) in [5, 5.41) is 2.07. The first-order valence-corrected chi connectivity index (χ1v) is 10.1. The SMILES string of the molecule is CCN(C1CCCCC1)S(=O)(=O)c1ccc(Cl)c2ccccc12. The first kappa shape index (κ1) is 16.7. The van der Waals surface area contributed by atoms with E-state index in [1.807, 2.05) is 31.2 Å². The highest BCUT2D eigenvalue weighted by atomic mass is 35.5. The molecule has 2 aromatic rings. The zero-order valence-corrected chi connectivity index (χ0v) is 14.9. The van der Waals surface area contributed by atoms with Crippen LogP contribution in [-0.2, 0) is 10.0 Å². The second-order valence-corrected chi connectivity index (χ2v) is 8.36. The second-order valence-electron chi connectivity index (χ2n) is 6.09. The molecule has 1 aliphatic carbocycles. The maximum atomic E-state index is 13.3. The van der Waals surface area contributed by atoms with Crippen molar-refractivity contribution < 1.29 is 8.42 Å². The Balaban J connectivity index is 2.10. The molecule has 0 amide bonds. The summed E-state index contributed by atoms with van der Waals surface area (Å²) in [6, 6.07) is 10.9. The van der Waals surface area contributed by atoms with Gasteiger partial charge in [-0.05, 0) is 25.0 Å². The minimum absolute atomic E-state index is 0.119. The molecule has 0 radical (unpaired) electrons. The molecule has 0 bridgehead atoms. The van der Waals surface area contributed by atoms with E-state index < -0.39 is 10.0 Å². The Bertz CT molecular complexity index is 798. The molecule has 0 aromatic heterocycles. The van der Waals surface area contributed by atoms with Crippen LogP contribution in [0.3, 0.4) is 0 Å². The molecule has 1 aliphatic rings. The number of sulfonamides is 1. The van der Waals surface area contributed by atoms with Gasteiger partial charge in [0.2, 0.25) is 10.0 Å². The Labute approximate surface area is 143 Å². The number of benzene rings is 2. The minimum atomic E-state index is -3.52. The van der Waals surface area contributed by atoms with Gasteiger partial charge < -0.3 is 0 Å². The molecule has 0 N–H and O–H groups in total. The van der Waals surface area contributed by atoms with Gasteiger partial charge in [-0.2, -0.15) is 4.31 Å². The lowest BCUT2D eigenvalue weighted by Crippen LogP contribution is -2.41. The summed E-state index contributed by atoms with van der Waals surface area (Å²) in [4.78, 5) is 0.366. The molecule has 0 atom stereocenters. The van der Waals surface area contributed by atoms with Crippen molar-refractivity contribution in [2.75, 3.05) is 6.54 Å². The van der Waals surface area contributed by atoms with Crippen molar-refractivity contribution in [1.82, 2.24) is 4.31 Å². The molecule has 3 rings (SSSR count). The number of hydrogen-bond donors (Lipinski definition) is 0. The Morgan fingerprint density at radius 3 is 2.35 bits per heavy atom. The van der Waals surface area contributed by atoms with Crippen molar-refractivity contribution in [2.45, 2.75) is 50.0 Å². The smallest absolute Gasteiger partial charge is 0.207 e. The van der Waals surface area contributed by atoms with Gasteiger partial charge in [-0.15, -0.1) is 0 Å². The predicted octanol–water partition coefficient (Wildman–Crippen LogP) is 4.84. The normalized spacial score (nSPS) is 17.0. The van der Waals surface area contributed by atoms with Crippen LogP contribution in [0.2, 0.25) is 5.02 Å². The molecule has 0 spiro atoms. The lowest BCUT2D eigenvalue weighted by Gasteiger charge is -2.33. The molecular formula is C18H22ClNO2S. The van der Waals surface area contributed by atoms with Crippen LogP contribution >= 0.6 is 11.6 Å². The average Bonchev–Trinajstić information content (AvgIpc) is 2.56. The second kappa shape index (κ2) is 6.80. The van der Waals surface area contributed by atoms with Crippen molar-refractivity contribution >= 4 is 32.4 Å². The summed E-state index contributed by atoms with van der Waals surface area (Å²) in [5.41, 5.74) is 0. The van der Waals surface area contributed by atoms with Crippen LogP contribution in [-0.4, -0.2) is 25.3 Å². The van der Waals surface area contributed by atoms with Crippen LogP contribution < -0.4 is 0 Å². The van der Waals surface area contributed by atoms with Gasteiger partial charge in [0.05, 0.1) is 4.90 Å². The van der Waals surface area contributed by atoms with Crippen molar-refractivity contribution in [1.29, 1.82) is 0 Å². The molecule has 0 heterocycles. The number of fused-ring (bicyclic) bond motifs is 1. The van der Waals surface area contributed by atoms with Crippen molar-refractivity contribution in [3.8, 4) is 0 Å². The van der Waals surface area contributed by atoms with Crippen LogP contribution in [0.15, 0.2) is 41.3 Å². The van der Waals surface area contributed by atoms with E-state index in [2.05, 4.69) is 0 Å². The fourth-order valence-electron chi connectivity index (χ4n) is 3.58. The van der Waals surface area contributed by atoms with Gasteiger partial charge in [-0.1, -0.05) is 62.1 Å². The third-order valence-corrected chi connectivity index (χ3v) is 7.13. The fraction of sp³-hybridized carbons (Fsp3) is 0.444. The molecule has 23 heavy (non-hydrogen) atoms. The summed E-state index contributed by atoms with van der Waals surface area (Å²) in [5.74, 6) is 0. The lowest BCUT2D eigenvalue weighted by molar-refractivity contribution is 0.261. The monoisotopic (exact) mass is 351 g/mol. The molecular weight excluding hydrogens is 330 g/mol. The number of halogens is 1. The van der Waals surface area contributed by atoms with Crippen molar-refractivity contribution in [3.63, 3.8) is 0 Å². The average molecular weight is 352 g/mol. The number of nitrogens with zero attached hydrogens (tertiary/aromatic N) is 1. The maximum Gasteiger partial charge on any atom is 0.243 e. The van der Waals surface area contributed by atoms with Gasteiger partial charge >= 0.3 is 0 Å². The van der Waals surface area contributed by atoms with E-state index in [0.29, 0.717) is 21.8 Å². The summed E-state index contributed by atoms with van der Waals surface area (Å²) in [6.45, 7) is 2.42. The first-order valence-electron chi connectivity index (χ1n) is 8.25. The quantitative estimate of drug-likeness (QED) is 0.790. The Kier molecular flexibility index (Phi) is 4.95. The molecule has 5 heteroatoms. The van der Waals surface area contributed by atoms with Gasteiger partial charge in [0, 0.05) is 28.4 Å². The lowest BCUT2D eigenvalue weighted by atomic mass is 9.95. The van der Waals surface area contributed by atoms with Gasteiger partial charge in [0.25, 0.3) is 0 Å². The zero-order valence-electron chi connectivity index (χ0n) is 13.3. The van der Waals surface area contributed by atoms with Gasteiger partial charge in [-0.3, -0.25) is 0 Å². The van der Waals surface area contributed by atoms with E-state index in [0.717, 1.165) is 31.1 Å². The Morgan fingerprint density at radius 2 is 1.70 bits per heavy atom. The van der Waals surface area contributed by atoms with Crippen molar-refractivity contribution in [3.05, 3.63) is 41.4 Å². The third-order valence-electron chi connectivity index (χ3n) is 4.71. The van der Waals surface area contributed by atoms with Gasteiger partial charge in [0.15, 0.2) is 0 Å². The van der Waals surface area contributed by atoms with Crippen LogP contribution in [0.5, 0.6) is 0 Å². The summed E-state index contributed by atoms with van der Waals surface area (Å²) in [7, 11) is -3.52. The zero-order chi connectivity index (χ0) is 16.4. The highest BCUT2D eigenvalue weighted by molar-refractivity contribution is 7.89. The van der Waals surface area contributed by atoms with E-state index in [9.17, 15) is 8.42 Å². The third kappa shape index (κ3) is 3.12. The number of rotatable bonds is 4. The molecule has 1 fully saturated rings. The Morgan fingerprint density at radius 1 is 1.04 bits per heavy atom. The van der Waals surface area contributed by atoms with E-state index in [-0.39, 0.29) is 6.04 Å². The summed E-state index contributed by atoms with van der Waals surface area (Å²) >= 11 is 6.23.